The Morgan fingerprint density at radius 1 is 1.00 bits per heavy atom. The molecule has 5 nitrogen and oxygen atoms in total. The summed E-state index contributed by atoms with van der Waals surface area (Å²) in [6, 6.07) is 20.0. The van der Waals surface area contributed by atoms with Gasteiger partial charge >= 0.3 is 0 Å². The molecule has 3 aromatic rings. The molecule has 2 N–H and O–H groups in total. The number of hydrogen-bond donors (Lipinski definition) is 2. The summed E-state index contributed by atoms with van der Waals surface area (Å²) in [6.45, 7) is 6.90. The molecule has 1 aromatic heterocycles. The van der Waals surface area contributed by atoms with Crippen molar-refractivity contribution in [1.29, 1.82) is 0 Å². The maximum absolute atomic E-state index is 12.6. The first kappa shape index (κ1) is 20.5. The Hall–Kier alpha value is -3.21. The number of nitrogens with zero attached hydrogens (tertiary/aromatic N) is 2. The first-order valence-corrected chi connectivity index (χ1v) is 10.1. The first-order valence-electron chi connectivity index (χ1n) is 10.1. The molecule has 0 bridgehead atoms. The maximum Gasteiger partial charge on any atom is 0.274 e. The van der Waals surface area contributed by atoms with E-state index >= 15 is 0 Å². The highest BCUT2D eigenvalue weighted by atomic mass is 16.1. The van der Waals surface area contributed by atoms with Crippen molar-refractivity contribution in [2.75, 3.05) is 17.2 Å². The van der Waals surface area contributed by atoms with Gasteiger partial charge in [-0.05, 0) is 55.0 Å². The SMILES string of the molecule is Cc1cc(C(=O)Nc2ccc(C(C)C)cc2)nc(NCCCc2ccccc2)n1. The third-order valence-corrected chi connectivity index (χ3v) is 4.69. The number of benzene rings is 2. The van der Waals surface area contributed by atoms with Crippen LogP contribution in [0.3, 0.4) is 0 Å². The minimum Gasteiger partial charge on any atom is -0.354 e. The van der Waals surface area contributed by atoms with Crippen LogP contribution in [0.25, 0.3) is 0 Å². The van der Waals surface area contributed by atoms with Crippen LogP contribution in [-0.4, -0.2) is 22.4 Å². The molecule has 0 radical (unpaired) electrons. The second-order valence-corrected chi connectivity index (χ2v) is 7.46. The molecular weight excluding hydrogens is 360 g/mol. The summed E-state index contributed by atoms with van der Waals surface area (Å²) in [4.78, 5) is 21.4. The lowest BCUT2D eigenvalue weighted by atomic mass is 10.0. The van der Waals surface area contributed by atoms with E-state index in [1.54, 1.807) is 6.07 Å². The Morgan fingerprint density at radius 3 is 2.41 bits per heavy atom. The minimum atomic E-state index is -0.236. The van der Waals surface area contributed by atoms with Gasteiger partial charge in [-0.1, -0.05) is 56.3 Å². The molecular formula is C24H28N4O. The van der Waals surface area contributed by atoms with Gasteiger partial charge in [-0.3, -0.25) is 4.79 Å². The molecule has 0 saturated carbocycles. The Morgan fingerprint density at radius 2 is 1.72 bits per heavy atom. The van der Waals surface area contributed by atoms with Crippen molar-refractivity contribution >= 4 is 17.5 Å². The molecule has 0 aliphatic carbocycles. The lowest BCUT2D eigenvalue weighted by molar-refractivity contribution is 0.102. The number of amides is 1. The largest absolute Gasteiger partial charge is 0.354 e. The predicted octanol–water partition coefficient (Wildman–Crippen LogP) is 5.21. The van der Waals surface area contributed by atoms with E-state index in [9.17, 15) is 4.79 Å². The molecule has 0 spiro atoms. The van der Waals surface area contributed by atoms with Crippen molar-refractivity contribution in [3.05, 3.63) is 83.2 Å². The maximum atomic E-state index is 12.6. The Balaban J connectivity index is 1.58. The smallest absolute Gasteiger partial charge is 0.274 e. The van der Waals surface area contributed by atoms with Gasteiger partial charge in [0.15, 0.2) is 0 Å². The molecule has 0 fully saturated rings. The fraction of sp³-hybridized carbons (Fsp3) is 0.292. The van der Waals surface area contributed by atoms with Crippen LogP contribution < -0.4 is 10.6 Å². The van der Waals surface area contributed by atoms with E-state index < -0.39 is 0 Å². The molecule has 5 heteroatoms. The van der Waals surface area contributed by atoms with E-state index in [0.717, 1.165) is 30.8 Å². The topological polar surface area (TPSA) is 66.9 Å². The summed E-state index contributed by atoms with van der Waals surface area (Å²) in [7, 11) is 0. The van der Waals surface area contributed by atoms with E-state index in [-0.39, 0.29) is 5.91 Å². The van der Waals surface area contributed by atoms with Crippen molar-refractivity contribution in [1.82, 2.24) is 9.97 Å². The van der Waals surface area contributed by atoms with E-state index in [4.69, 9.17) is 0 Å². The monoisotopic (exact) mass is 388 g/mol. The number of hydrogen-bond acceptors (Lipinski definition) is 4. The third-order valence-electron chi connectivity index (χ3n) is 4.69. The van der Waals surface area contributed by atoms with Crippen LogP contribution in [0.5, 0.6) is 0 Å². The van der Waals surface area contributed by atoms with Gasteiger partial charge in [-0.25, -0.2) is 9.97 Å². The van der Waals surface area contributed by atoms with Crippen LogP contribution in [0.4, 0.5) is 11.6 Å². The molecule has 0 aliphatic heterocycles. The van der Waals surface area contributed by atoms with E-state index in [0.29, 0.717) is 17.6 Å². The van der Waals surface area contributed by atoms with Crippen LogP contribution in [0, 0.1) is 6.92 Å². The zero-order valence-corrected chi connectivity index (χ0v) is 17.3. The number of rotatable bonds is 8. The standard InChI is InChI=1S/C24H28N4O/c1-17(2)20-11-13-21(14-12-20)27-23(29)22-16-18(3)26-24(28-22)25-15-7-10-19-8-5-4-6-9-19/h4-6,8-9,11-14,16-17H,7,10,15H2,1-3H3,(H,27,29)(H,25,26,28). The normalized spacial score (nSPS) is 10.8. The summed E-state index contributed by atoms with van der Waals surface area (Å²) >= 11 is 0. The third kappa shape index (κ3) is 6.14. The zero-order valence-electron chi connectivity index (χ0n) is 17.3. The Labute approximate surface area is 172 Å². The number of carbonyl (C=O) groups excluding carboxylic acids is 1. The van der Waals surface area contributed by atoms with Crippen LogP contribution in [0.1, 0.15) is 53.5 Å². The average molecular weight is 389 g/mol. The lowest BCUT2D eigenvalue weighted by Crippen LogP contribution is -2.16. The number of aryl methyl sites for hydroxylation is 2. The van der Waals surface area contributed by atoms with Crippen LogP contribution in [0.15, 0.2) is 60.7 Å². The summed E-state index contributed by atoms with van der Waals surface area (Å²) in [5, 5.41) is 6.14. The van der Waals surface area contributed by atoms with Crippen molar-refractivity contribution < 1.29 is 4.79 Å². The number of anilines is 2. The second-order valence-electron chi connectivity index (χ2n) is 7.46. The van der Waals surface area contributed by atoms with Crippen molar-refractivity contribution in [3.8, 4) is 0 Å². The molecule has 0 aliphatic rings. The second kappa shape index (κ2) is 9.82. The van der Waals surface area contributed by atoms with Gasteiger partial charge in [-0.2, -0.15) is 0 Å². The number of aromatic nitrogens is 2. The van der Waals surface area contributed by atoms with Crippen LogP contribution in [0.2, 0.25) is 0 Å². The van der Waals surface area contributed by atoms with Gasteiger partial charge in [-0.15, -0.1) is 0 Å². The zero-order chi connectivity index (χ0) is 20.6. The average Bonchev–Trinajstić information content (AvgIpc) is 2.72. The minimum absolute atomic E-state index is 0.236. The van der Waals surface area contributed by atoms with Gasteiger partial charge in [0.05, 0.1) is 0 Å². The summed E-state index contributed by atoms with van der Waals surface area (Å²) in [5.41, 5.74) is 4.42. The predicted molar refractivity (Wildman–Crippen MR) is 119 cm³/mol. The number of nitrogens with one attached hydrogen (secondary N) is 2. The van der Waals surface area contributed by atoms with Crippen LogP contribution in [-0.2, 0) is 6.42 Å². The van der Waals surface area contributed by atoms with Crippen molar-refractivity contribution in [2.45, 2.75) is 39.5 Å². The van der Waals surface area contributed by atoms with E-state index in [2.05, 4.69) is 46.6 Å². The lowest BCUT2D eigenvalue weighted by Gasteiger charge is -2.10. The quantitative estimate of drug-likeness (QED) is 0.520. The van der Waals surface area contributed by atoms with Crippen molar-refractivity contribution in [3.63, 3.8) is 0 Å². The highest BCUT2D eigenvalue weighted by molar-refractivity contribution is 6.03. The van der Waals surface area contributed by atoms with Crippen molar-refractivity contribution in [2.24, 2.45) is 0 Å². The number of carbonyl (C=O) groups is 1. The van der Waals surface area contributed by atoms with Crippen LogP contribution >= 0.6 is 0 Å². The molecule has 29 heavy (non-hydrogen) atoms. The van der Waals surface area contributed by atoms with Gasteiger partial charge < -0.3 is 10.6 Å². The Bertz CT molecular complexity index is 937. The molecule has 3 rings (SSSR count). The molecule has 2 aromatic carbocycles. The van der Waals surface area contributed by atoms with E-state index in [1.807, 2.05) is 49.4 Å². The highest BCUT2D eigenvalue weighted by Crippen LogP contribution is 2.18. The summed E-state index contributed by atoms with van der Waals surface area (Å²) < 4.78 is 0. The fourth-order valence-corrected chi connectivity index (χ4v) is 3.05. The molecule has 1 heterocycles. The van der Waals surface area contributed by atoms with Gasteiger partial charge in [0.25, 0.3) is 5.91 Å². The molecule has 0 unspecified atom stereocenters. The summed E-state index contributed by atoms with van der Waals surface area (Å²) in [6.07, 6.45) is 1.95. The summed E-state index contributed by atoms with van der Waals surface area (Å²) in [5.74, 6) is 0.707. The van der Waals surface area contributed by atoms with Gasteiger partial charge in [0.1, 0.15) is 5.69 Å². The van der Waals surface area contributed by atoms with Gasteiger partial charge in [0.2, 0.25) is 5.95 Å². The Kier molecular flexibility index (Phi) is 6.95. The first-order chi connectivity index (χ1) is 14.0. The molecule has 0 saturated heterocycles. The van der Waals surface area contributed by atoms with E-state index in [1.165, 1.54) is 11.1 Å². The molecule has 1 amide bonds. The fourth-order valence-electron chi connectivity index (χ4n) is 3.05. The highest BCUT2D eigenvalue weighted by Gasteiger charge is 2.11. The van der Waals surface area contributed by atoms with Gasteiger partial charge in [0, 0.05) is 17.9 Å². The molecule has 0 atom stereocenters. The molecule has 150 valence electrons.